The van der Waals surface area contributed by atoms with Gasteiger partial charge in [-0.05, 0) is 39.8 Å². The molecule has 0 amide bonds. The molecule has 0 aliphatic heterocycles. The fourth-order valence-electron chi connectivity index (χ4n) is 2.36. The third kappa shape index (κ3) is 4.30. The molecule has 114 valence electrons. The number of nitrogens with one attached hydrogen (secondary N) is 1. The zero-order chi connectivity index (χ0) is 15.2. The lowest BCUT2D eigenvalue weighted by Crippen LogP contribution is -2.51. The Balaban J connectivity index is 2.67. The van der Waals surface area contributed by atoms with Gasteiger partial charge < -0.3 is 4.48 Å². The molecule has 20 heavy (non-hydrogen) atoms. The van der Waals surface area contributed by atoms with Crippen LogP contribution in [0.5, 0.6) is 0 Å². The van der Waals surface area contributed by atoms with E-state index in [2.05, 4.69) is 25.5 Å². The van der Waals surface area contributed by atoms with Gasteiger partial charge in [-0.1, -0.05) is 17.7 Å². The first-order chi connectivity index (χ1) is 9.39. The number of likely N-dealkylation sites (N-methyl/N-ethyl adjacent to an activating group) is 1. The number of sulfonamides is 1. The molecule has 0 radical (unpaired) electrons. The molecule has 1 rings (SSSR count). The van der Waals surface area contributed by atoms with Crippen molar-refractivity contribution in [2.24, 2.45) is 0 Å². The molecule has 1 N–H and O–H groups in total. The fraction of sp³-hybridized carbons (Fsp3) is 0.600. The SMILES string of the molecule is CC[N+](CC)(CC)CCNS(=O)(=O)c1ccc(C)cc1. The van der Waals surface area contributed by atoms with E-state index in [1.807, 2.05) is 19.1 Å². The third-order valence-electron chi connectivity index (χ3n) is 4.22. The lowest BCUT2D eigenvalue weighted by molar-refractivity contribution is -0.922. The normalized spacial score (nSPS) is 12.6. The van der Waals surface area contributed by atoms with Gasteiger partial charge in [0.05, 0.1) is 37.6 Å². The van der Waals surface area contributed by atoms with E-state index < -0.39 is 10.0 Å². The van der Waals surface area contributed by atoms with Crippen molar-refractivity contribution in [1.82, 2.24) is 4.72 Å². The van der Waals surface area contributed by atoms with Gasteiger partial charge in [-0.25, -0.2) is 13.1 Å². The monoisotopic (exact) mass is 299 g/mol. The molecular weight excluding hydrogens is 272 g/mol. The molecule has 1 aromatic rings. The van der Waals surface area contributed by atoms with Crippen molar-refractivity contribution in [3.63, 3.8) is 0 Å². The number of hydrogen-bond donors (Lipinski definition) is 1. The van der Waals surface area contributed by atoms with Gasteiger partial charge in [0.25, 0.3) is 0 Å². The zero-order valence-corrected chi connectivity index (χ0v) is 13.8. The van der Waals surface area contributed by atoms with Crippen LogP contribution in [0.1, 0.15) is 26.3 Å². The summed E-state index contributed by atoms with van der Waals surface area (Å²) < 4.78 is 28.0. The van der Waals surface area contributed by atoms with E-state index in [9.17, 15) is 8.42 Å². The first kappa shape index (κ1) is 17.1. The maximum atomic E-state index is 12.2. The van der Waals surface area contributed by atoms with Crippen molar-refractivity contribution < 1.29 is 12.9 Å². The second-order valence-corrected chi connectivity index (χ2v) is 6.99. The first-order valence-electron chi connectivity index (χ1n) is 7.30. The Hall–Kier alpha value is -0.910. The minimum atomic E-state index is -3.38. The van der Waals surface area contributed by atoms with Crippen molar-refractivity contribution in [3.05, 3.63) is 29.8 Å². The van der Waals surface area contributed by atoms with Crippen LogP contribution in [0.2, 0.25) is 0 Å². The number of benzene rings is 1. The smallest absolute Gasteiger partial charge is 0.240 e. The lowest BCUT2D eigenvalue weighted by atomic mass is 10.2. The quantitative estimate of drug-likeness (QED) is 0.748. The molecule has 5 heteroatoms. The first-order valence-corrected chi connectivity index (χ1v) is 8.79. The predicted octanol–water partition coefficient (Wildman–Crippen LogP) is 2.15. The van der Waals surface area contributed by atoms with Crippen LogP contribution in [-0.2, 0) is 10.0 Å². The summed E-state index contributed by atoms with van der Waals surface area (Å²) in [6.07, 6.45) is 0. The summed E-state index contributed by atoms with van der Waals surface area (Å²) >= 11 is 0. The summed E-state index contributed by atoms with van der Waals surface area (Å²) in [5.74, 6) is 0. The zero-order valence-electron chi connectivity index (χ0n) is 13.0. The summed E-state index contributed by atoms with van der Waals surface area (Å²) in [4.78, 5) is 0.339. The van der Waals surface area contributed by atoms with Crippen LogP contribution in [-0.4, -0.2) is 45.6 Å². The van der Waals surface area contributed by atoms with Gasteiger partial charge in [0.15, 0.2) is 0 Å². The summed E-state index contributed by atoms with van der Waals surface area (Å²) in [6.45, 7) is 12.8. The molecule has 0 fully saturated rings. The molecule has 0 aliphatic carbocycles. The highest BCUT2D eigenvalue weighted by Crippen LogP contribution is 2.10. The molecule has 0 saturated heterocycles. The molecule has 0 heterocycles. The Kier molecular flexibility index (Phi) is 6.17. The van der Waals surface area contributed by atoms with Crippen LogP contribution < -0.4 is 4.72 Å². The molecular formula is C15H27N2O2S+. The highest BCUT2D eigenvalue weighted by Gasteiger charge is 2.22. The van der Waals surface area contributed by atoms with Crippen LogP contribution in [0.25, 0.3) is 0 Å². The van der Waals surface area contributed by atoms with Crippen molar-refractivity contribution in [2.45, 2.75) is 32.6 Å². The Bertz CT molecular complexity index is 497. The highest BCUT2D eigenvalue weighted by molar-refractivity contribution is 7.89. The Labute approximate surface area is 123 Å². The lowest BCUT2D eigenvalue weighted by Gasteiger charge is -2.35. The predicted molar refractivity (Wildman–Crippen MR) is 83.1 cm³/mol. The van der Waals surface area contributed by atoms with Crippen LogP contribution in [0.4, 0.5) is 0 Å². The van der Waals surface area contributed by atoms with E-state index in [0.717, 1.165) is 36.2 Å². The number of aryl methyl sites for hydroxylation is 1. The summed E-state index contributed by atoms with van der Waals surface area (Å²) in [7, 11) is -3.38. The molecule has 0 saturated carbocycles. The largest absolute Gasteiger partial charge is 0.323 e. The van der Waals surface area contributed by atoms with Crippen LogP contribution >= 0.6 is 0 Å². The molecule has 4 nitrogen and oxygen atoms in total. The molecule has 0 aromatic heterocycles. The topological polar surface area (TPSA) is 46.2 Å². The van der Waals surface area contributed by atoms with Gasteiger partial charge in [0, 0.05) is 0 Å². The van der Waals surface area contributed by atoms with Crippen molar-refractivity contribution in [3.8, 4) is 0 Å². The Morgan fingerprint density at radius 1 is 1.00 bits per heavy atom. The average Bonchev–Trinajstić information content (AvgIpc) is 2.44. The molecule has 0 atom stereocenters. The van der Waals surface area contributed by atoms with Gasteiger partial charge >= 0.3 is 0 Å². The maximum absolute atomic E-state index is 12.2. The average molecular weight is 299 g/mol. The van der Waals surface area contributed by atoms with E-state index in [1.165, 1.54) is 0 Å². The van der Waals surface area contributed by atoms with Crippen molar-refractivity contribution in [1.29, 1.82) is 0 Å². The van der Waals surface area contributed by atoms with Gasteiger partial charge in [0.1, 0.15) is 0 Å². The summed E-state index contributed by atoms with van der Waals surface area (Å²) in [5.41, 5.74) is 1.06. The third-order valence-corrected chi connectivity index (χ3v) is 5.70. The van der Waals surface area contributed by atoms with E-state index >= 15 is 0 Å². The van der Waals surface area contributed by atoms with E-state index in [1.54, 1.807) is 12.1 Å². The van der Waals surface area contributed by atoms with Crippen LogP contribution in [0.3, 0.4) is 0 Å². The molecule has 1 aromatic carbocycles. The van der Waals surface area contributed by atoms with Crippen LogP contribution in [0.15, 0.2) is 29.2 Å². The standard InChI is InChI=1S/C15H27N2O2S/c1-5-17(6-2,7-3)13-12-16-20(18,19)15-10-8-14(4)9-11-15/h8-11,16H,5-7,12-13H2,1-4H3/q+1. The number of nitrogens with zero attached hydrogens (tertiary/aromatic N) is 1. The summed E-state index contributed by atoms with van der Waals surface area (Å²) in [5, 5.41) is 0. The Morgan fingerprint density at radius 2 is 1.50 bits per heavy atom. The number of hydrogen-bond acceptors (Lipinski definition) is 2. The Morgan fingerprint density at radius 3 is 1.95 bits per heavy atom. The van der Waals surface area contributed by atoms with Crippen molar-refractivity contribution >= 4 is 10.0 Å². The second kappa shape index (κ2) is 7.20. The molecule has 0 aliphatic rings. The molecule has 0 bridgehead atoms. The fourth-order valence-corrected chi connectivity index (χ4v) is 3.38. The van der Waals surface area contributed by atoms with Gasteiger partial charge in [-0.3, -0.25) is 0 Å². The minimum Gasteiger partial charge on any atom is -0.323 e. The molecule has 0 spiro atoms. The second-order valence-electron chi connectivity index (χ2n) is 5.22. The van der Waals surface area contributed by atoms with E-state index in [4.69, 9.17) is 0 Å². The maximum Gasteiger partial charge on any atom is 0.240 e. The van der Waals surface area contributed by atoms with Crippen molar-refractivity contribution in [2.75, 3.05) is 32.7 Å². The minimum absolute atomic E-state index is 0.339. The van der Waals surface area contributed by atoms with Crippen LogP contribution in [0, 0.1) is 6.92 Å². The number of quaternary nitrogens is 1. The van der Waals surface area contributed by atoms with E-state index in [-0.39, 0.29) is 0 Å². The molecule has 0 unspecified atom stereocenters. The van der Waals surface area contributed by atoms with E-state index in [0.29, 0.717) is 11.4 Å². The number of rotatable bonds is 8. The van der Waals surface area contributed by atoms with Gasteiger partial charge in [-0.15, -0.1) is 0 Å². The highest BCUT2D eigenvalue weighted by atomic mass is 32.2. The summed E-state index contributed by atoms with van der Waals surface area (Å²) in [6, 6.07) is 6.94. The van der Waals surface area contributed by atoms with Gasteiger partial charge in [0.2, 0.25) is 10.0 Å². The van der Waals surface area contributed by atoms with Gasteiger partial charge in [-0.2, -0.15) is 0 Å².